The topological polar surface area (TPSA) is 59.3 Å². The van der Waals surface area contributed by atoms with E-state index in [1.807, 2.05) is 19.9 Å². The van der Waals surface area contributed by atoms with E-state index >= 15 is 0 Å². The summed E-state index contributed by atoms with van der Waals surface area (Å²) in [6, 6.07) is 1.87. The molecule has 4 heteroatoms. The Labute approximate surface area is 77.8 Å². The van der Waals surface area contributed by atoms with Crippen molar-refractivity contribution in [2.45, 2.75) is 26.9 Å². The molecule has 0 radical (unpaired) electrons. The van der Waals surface area contributed by atoms with Gasteiger partial charge in [-0.25, -0.2) is 0 Å². The van der Waals surface area contributed by atoms with Crippen LogP contribution < -0.4 is 0 Å². The average molecular weight is 183 g/mol. The Balaban J connectivity index is 3.97. The normalized spacial score (nSPS) is 11.2. The maximum atomic E-state index is 10.4. The first-order valence-corrected chi connectivity index (χ1v) is 3.94. The van der Waals surface area contributed by atoms with Crippen LogP contribution in [-0.2, 0) is 14.3 Å². The third-order valence-corrected chi connectivity index (χ3v) is 1.08. The van der Waals surface area contributed by atoms with Crippen molar-refractivity contribution in [3.63, 3.8) is 0 Å². The molecule has 0 amide bonds. The summed E-state index contributed by atoms with van der Waals surface area (Å²) >= 11 is 0. The zero-order chi connectivity index (χ0) is 10.3. The van der Waals surface area contributed by atoms with Crippen LogP contribution in [0.15, 0.2) is 11.8 Å². The number of ether oxygens (including phenoxy) is 2. The predicted octanol–water partition coefficient (Wildman–Crippen LogP) is 1.38. The van der Waals surface area contributed by atoms with Crippen LogP contribution in [0.2, 0.25) is 0 Å². The highest BCUT2D eigenvalue weighted by atomic mass is 16.5. The molecule has 0 aromatic rings. The fraction of sp³-hybridized carbons (Fsp3) is 0.556. The summed E-state index contributed by atoms with van der Waals surface area (Å²) in [5.74, 6) is -0.447. The van der Waals surface area contributed by atoms with Gasteiger partial charge < -0.3 is 9.47 Å². The maximum Gasteiger partial charge on any atom is 0.307 e. The molecule has 72 valence electrons. The smallest absolute Gasteiger partial charge is 0.307 e. The van der Waals surface area contributed by atoms with E-state index in [9.17, 15) is 4.79 Å². The molecule has 0 saturated carbocycles. The molecule has 0 bridgehead atoms. The minimum absolute atomic E-state index is 0.0501. The van der Waals surface area contributed by atoms with Crippen molar-refractivity contribution in [3.8, 4) is 6.07 Å². The molecule has 4 nitrogen and oxygen atoms in total. The Morgan fingerprint density at radius 2 is 2.23 bits per heavy atom. The average Bonchev–Trinajstić information content (AvgIpc) is 2.04. The van der Waals surface area contributed by atoms with E-state index in [2.05, 4.69) is 4.74 Å². The molecule has 0 aromatic heterocycles. The molecule has 0 heterocycles. The first kappa shape index (κ1) is 11.7. The number of nitriles is 1. The Kier molecular flexibility index (Phi) is 5.57. The van der Waals surface area contributed by atoms with Crippen molar-refractivity contribution in [1.82, 2.24) is 0 Å². The summed E-state index contributed by atoms with van der Waals surface area (Å²) in [6.07, 6.45) is 1.17. The standard InChI is InChI=1S/C9H13NO3/c1-7(2)12-5-9(4-10)6-13-8(3)11/h6-7H,5H2,1-3H3/b9-6+. The summed E-state index contributed by atoms with van der Waals surface area (Å²) in [5.41, 5.74) is 0.295. The van der Waals surface area contributed by atoms with Gasteiger partial charge in [0.1, 0.15) is 12.3 Å². The minimum atomic E-state index is -0.447. The lowest BCUT2D eigenvalue weighted by molar-refractivity contribution is -0.135. The quantitative estimate of drug-likeness (QED) is 0.375. The van der Waals surface area contributed by atoms with Crippen LogP contribution in [0, 0.1) is 11.3 Å². The highest BCUT2D eigenvalue weighted by Gasteiger charge is 1.99. The first-order chi connectivity index (χ1) is 6.06. The molecular weight excluding hydrogens is 170 g/mol. The van der Waals surface area contributed by atoms with Gasteiger partial charge in [0.05, 0.1) is 18.3 Å². The lowest BCUT2D eigenvalue weighted by atomic mass is 10.3. The number of carbonyl (C=O) groups excluding carboxylic acids is 1. The van der Waals surface area contributed by atoms with E-state index in [0.29, 0.717) is 5.57 Å². The zero-order valence-electron chi connectivity index (χ0n) is 8.03. The molecule has 0 unspecified atom stereocenters. The summed E-state index contributed by atoms with van der Waals surface area (Å²) in [6.45, 7) is 5.16. The number of hydrogen-bond acceptors (Lipinski definition) is 4. The van der Waals surface area contributed by atoms with Gasteiger partial charge in [-0.3, -0.25) is 4.79 Å². The molecule has 0 aromatic carbocycles. The summed E-state index contributed by atoms with van der Waals surface area (Å²) < 4.78 is 9.67. The van der Waals surface area contributed by atoms with Crippen LogP contribution in [0.5, 0.6) is 0 Å². The van der Waals surface area contributed by atoms with Crippen LogP contribution >= 0.6 is 0 Å². The van der Waals surface area contributed by atoms with E-state index in [4.69, 9.17) is 10.00 Å². The van der Waals surface area contributed by atoms with E-state index < -0.39 is 5.97 Å². The van der Waals surface area contributed by atoms with Gasteiger partial charge in [0.2, 0.25) is 0 Å². The molecule has 0 aliphatic carbocycles. The van der Waals surface area contributed by atoms with Crippen molar-refractivity contribution in [2.75, 3.05) is 6.61 Å². The number of carbonyl (C=O) groups is 1. The maximum absolute atomic E-state index is 10.4. The molecule has 0 aliphatic rings. The van der Waals surface area contributed by atoms with Gasteiger partial charge in [-0.05, 0) is 13.8 Å². The number of hydrogen-bond donors (Lipinski definition) is 0. The highest BCUT2D eigenvalue weighted by molar-refractivity contribution is 5.66. The molecule has 0 rings (SSSR count). The molecule has 0 N–H and O–H groups in total. The van der Waals surface area contributed by atoms with E-state index in [1.165, 1.54) is 6.92 Å². The SMILES string of the molecule is CC(=O)O/C=C(\C#N)COC(C)C. The number of rotatable bonds is 4. The number of nitrogens with zero attached hydrogens (tertiary/aromatic N) is 1. The Morgan fingerprint density at radius 3 is 2.62 bits per heavy atom. The molecule has 0 saturated heterocycles. The minimum Gasteiger partial charge on any atom is -0.434 e. The van der Waals surface area contributed by atoms with Crippen molar-refractivity contribution >= 4 is 5.97 Å². The summed E-state index contributed by atoms with van der Waals surface area (Å²) in [5, 5.41) is 8.56. The van der Waals surface area contributed by atoms with Crippen LogP contribution in [0.1, 0.15) is 20.8 Å². The summed E-state index contributed by atoms with van der Waals surface area (Å²) in [7, 11) is 0. The second-order valence-electron chi connectivity index (χ2n) is 2.72. The molecule has 0 spiro atoms. The van der Waals surface area contributed by atoms with Gasteiger partial charge in [0.25, 0.3) is 0 Å². The Morgan fingerprint density at radius 1 is 1.62 bits per heavy atom. The van der Waals surface area contributed by atoms with Crippen LogP contribution in [0.4, 0.5) is 0 Å². The zero-order valence-corrected chi connectivity index (χ0v) is 8.03. The van der Waals surface area contributed by atoms with Crippen LogP contribution in [-0.4, -0.2) is 18.7 Å². The van der Waals surface area contributed by atoms with Gasteiger partial charge in [0.15, 0.2) is 0 Å². The second kappa shape index (κ2) is 6.21. The third-order valence-electron chi connectivity index (χ3n) is 1.08. The Hall–Kier alpha value is -1.34. The largest absolute Gasteiger partial charge is 0.434 e. The predicted molar refractivity (Wildman–Crippen MR) is 46.6 cm³/mol. The molecular formula is C9H13NO3. The van der Waals surface area contributed by atoms with Crippen molar-refractivity contribution in [1.29, 1.82) is 5.26 Å². The third kappa shape index (κ3) is 7.04. The van der Waals surface area contributed by atoms with Gasteiger partial charge in [-0.2, -0.15) is 5.26 Å². The van der Waals surface area contributed by atoms with Crippen molar-refractivity contribution < 1.29 is 14.3 Å². The van der Waals surface area contributed by atoms with Crippen LogP contribution in [0.3, 0.4) is 0 Å². The van der Waals surface area contributed by atoms with E-state index in [0.717, 1.165) is 6.26 Å². The van der Waals surface area contributed by atoms with E-state index in [-0.39, 0.29) is 12.7 Å². The first-order valence-electron chi connectivity index (χ1n) is 3.94. The lowest BCUT2D eigenvalue weighted by Crippen LogP contribution is -2.06. The van der Waals surface area contributed by atoms with Gasteiger partial charge >= 0.3 is 5.97 Å². The molecule has 0 fully saturated rings. The highest BCUT2D eigenvalue weighted by Crippen LogP contribution is 1.97. The van der Waals surface area contributed by atoms with Gasteiger partial charge in [-0.1, -0.05) is 0 Å². The van der Waals surface area contributed by atoms with Crippen LogP contribution in [0.25, 0.3) is 0 Å². The Bertz CT molecular complexity index is 238. The second-order valence-corrected chi connectivity index (χ2v) is 2.72. The molecule has 0 atom stereocenters. The van der Waals surface area contributed by atoms with E-state index in [1.54, 1.807) is 0 Å². The fourth-order valence-corrected chi connectivity index (χ4v) is 0.503. The molecule has 0 aliphatic heterocycles. The lowest BCUT2D eigenvalue weighted by Gasteiger charge is -2.05. The molecule has 13 heavy (non-hydrogen) atoms. The number of esters is 1. The van der Waals surface area contributed by atoms with Crippen molar-refractivity contribution in [3.05, 3.63) is 11.8 Å². The van der Waals surface area contributed by atoms with Crippen molar-refractivity contribution in [2.24, 2.45) is 0 Å². The van der Waals surface area contributed by atoms with Gasteiger partial charge in [0, 0.05) is 6.92 Å². The summed E-state index contributed by atoms with van der Waals surface area (Å²) in [4.78, 5) is 10.4. The van der Waals surface area contributed by atoms with Gasteiger partial charge in [-0.15, -0.1) is 0 Å². The fourth-order valence-electron chi connectivity index (χ4n) is 0.503. The monoisotopic (exact) mass is 183 g/mol.